The zero-order valence-electron chi connectivity index (χ0n) is 15.1. The number of hydrazone groups is 1. The first-order valence-corrected chi connectivity index (χ1v) is 8.48. The molecule has 0 unspecified atom stereocenters. The van der Waals surface area contributed by atoms with Crippen molar-refractivity contribution in [1.82, 2.24) is 10.7 Å². The number of hydrogen-bond acceptors (Lipinski definition) is 5. The van der Waals surface area contributed by atoms with Crippen LogP contribution in [-0.2, 0) is 4.79 Å². The van der Waals surface area contributed by atoms with Gasteiger partial charge in [0.25, 0.3) is 17.5 Å². The summed E-state index contributed by atoms with van der Waals surface area (Å²) in [5.41, 5.74) is 3.42. The maximum Gasteiger partial charge on any atom is 0.287 e. The number of carbonyl (C=O) groups is 2. The molecule has 0 aliphatic heterocycles. The number of benzene rings is 2. The van der Waals surface area contributed by atoms with Crippen LogP contribution in [0.15, 0.2) is 64.9 Å². The molecule has 0 aromatic heterocycles. The van der Waals surface area contributed by atoms with Crippen LogP contribution in [0.1, 0.15) is 29.8 Å². The predicted octanol–water partition coefficient (Wildman–Crippen LogP) is 3.42. The Balaban J connectivity index is 2.10. The summed E-state index contributed by atoms with van der Waals surface area (Å²) in [5.74, 6) is -1.07. The fourth-order valence-corrected chi connectivity index (χ4v) is 2.31. The average Bonchev–Trinajstić information content (AvgIpc) is 2.67. The molecule has 0 saturated carbocycles. The highest BCUT2D eigenvalue weighted by Gasteiger charge is 2.15. The van der Waals surface area contributed by atoms with Crippen LogP contribution >= 0.6 is 11.6 Å². The van der Waals surface area contributed by atoms with Crippen LogP contribution in [0.25, 0.3) is 0 Å². The summed E-state index contributed by atoms with van der Waals surface area (Å²) in [6.45, 7) is 3.34. The molecule has 144 valence electrons. The molecule has 0 saturated heterocycles. The van der Waals surface area contributed by atoms with E-state index in [0.717, 1.165) is 0 Å². The summed E-state index contributed by atoms with van der Waals surface area (Å²) in [4.78, 5) is 34.9. The van der Waals surface area contributed by atoms with Crippen molar-refractivity contribution in [2.75, 3.05) is 0 Å². The lowest BCUT2D eigenvalue weighted by Gasteiger charge is -2.10. The van der Waals surface area contributed by atoms with Gasteiger partial charge in [0.15, 0.2) is 0 Å². The van der Waals surface area contributed by atoms with Crippen LogP contribution in [0.4, 0.5) is 5.69 Å². The minimum atomic E-state index is -0.637. The summed E-state index contributed by atoms with van der Waals surface area (Å²) >= 11 is 5.97. The van der Waals surface area contributed by atoms with Crippen LogP contribution in [-0.4, -0.2) is 23.0 Å². The number of halogens is 1. The molecular formula is C19H17ClN4O4. The zero-order valence-corrected chi connectivity index (χ0v) is 15.9. The second kappa shape index (κ2) is 9.43. The molecule has 2 rings (SSSR count). The standard InChI is InChI=1S/C19H17ClN4O4/c1-12(2)17(22-18(25)13-6-4-3-5-7-13)19(26)23-21-11-14-10-15(24(27)28)8-9-16(14)20/h3-11H,1-2H3,(H,22,25)(H,23,26). The third kappa shape index (κ3) is 5.49. The zero-order chi connectivity index (χ0) is 20.7. The maximum absolute atomic E-state index is 12.4. The lowest BCUT2D eigenvalue weighted by molar-refractivity contribution is -0.384. The minimum Gasteiger partial charge on any atom is -0.317 e. The first-order chi connectivity index (χ1) is 13.3. The third-order valence-corrected chi connectivity index (χ3v) is 3.91. The van der Waals surface area contributed by atoms with E-state index in [2.05, 4.69) is 15.8 Å². The number of hydrogen-bond donors (Lipinski definition) is 2. The third-order valence-electron chi connectivity index (χ3n) is 3.56. The van der Waals surface area contributed by atoms with Crippen LogP contribution in [0.5, 0.6) is 0 Å². The fraction of sp³-hybridized carbons (Fsp3) is 0.105. The van der Waals surface area contributed by atoms with Gasteiger partial charge >= 0.3 is 0 Å². The molecule has 2 aromatic rings. The van der Waals surface area contributed by atoms with Gasteiger partial charge in [-0.1, -0.05) is 29.8 Å². The van der Waals surface area contributed by atoms with Crippen molar-refractivity contribution in [2.45, 2.75) is 13.8 Å². The lowest BCUT2D eigenvalue weighted by Crippen LogP contribution is -2.33. The fourth-order valence-electron chi connectivity index (χ4n) is 2.14. The normalized spacial score (nSPS) is 10.4. The largest absolute Gasteiger partial charge is 0.317 e. The molecule has 0 aliphatic carbocycles. The van der Waals surface area contributed by atoms with Crippen molar-refractivity contribution in [3.05, 3.63) is 86.1 Å². The van der Waals surface area contributed by atoms with Crippen molar-refractivity contribution >= 4 is 35.3 Å². The molecule has 8 nitrogen and oxygen atoms in total. The topological polar surface area (TPSA) is 114 Å². The predicted molar refractivity (Wildman–Crippen MR) is 106 cm³/mol. The Bertz CT molecular complexity index is 967. The molecule has 2 amide bonds. The first kappa shape index (κ1) is 20.8. The molecule has 0 spiro atoms. The number of non-ortho nitro benzene ring substituents is 1. The minimum absolute atomic E-state index is 0.0520. The first-order valence-electron chi connectivity index (χ1n) is 8.11. The molecule has 2 N–H and O–H groups in total. The highest BCUT2D eigenvalue weighted by molar-refractivity contribution is 6.33. The van der Waals surface area contributed by atoms with Crippen molar-refractivity contribution in [2.24, 2.45) is 5.10 Å². The van der Waals surface area contributed by atoms with Gasteiger partial charge < -0.3 is 5.32 Å². The van der Waals surface area contributed by atoms with E-state index in [1.807, 2.05) is 0 Å². The summed E-state index contributed by atoms with van der Waals surface area (Å²) < 4.78 is 0. The maximum atomic E-state index is 12.4. The number of carbonyl (C=O) groups excluding carboxylic acids is 2. The highest BCUT2D eigenvalue weighted by Crippen LogP contribution is 2.20. The summed E-state index contributed by atoms with van der Waals surface area (Å²) in [5, 5.41) is 17.4. The molecule has 0 atom stereocenters. The van der Waals surface area contributed by atoms with E-state index in [0.29, 0.717) is 11.1 Å². The molecule has 28 heavy (non-hydrogen) atoms. The van der Waals surface area contributed by atoms with Crippen molar-refractivity contribution in [3.8, 4) is 0 Å². The van der Waals surface area contributed by atoms with E-state index >= 15 is 0 Å². The van der Waals surface area contributed by atoms with Gasteiger partial charge in [-0.3, -0.25) is 19.7 Å². The molecule has 0 bridgehead atoms. The van der Waals surface area contributed by atoms with E-state index in [4.69, 9.17) is 11.6 Å². The van der Waals surface area contributed by atoms with Gasteiger partial charge in [-0.25, -0.2) is 5.43 Å². The van der Waals surface area contributed by atoms with E-state index in [9.17, 15) is 19.7 Å². The van der Waals surface area contributed by atoms with Crippen LogP contribution in [0, 0.1) is 10.1 Å². The SMILES string of the molecule is CC(C)=C(NC(=O)c1ccccc1)C(=O)NN=Cc1cc([N+](=O)[O-])ccc1Cl. The van der Waals surface area contributed by atoms with Gasteiger partial charge in [0.2, 0.25) is 0 Å². The smallest absolute Gasteiger partial charge is 0.287 e. The van der Waals surface area contributed by atoms with Crippen LogP contribution in [0.2, 0.25) is 5.02 Å². The highest BCUT2D eigenvalue weighted by atomic mass is 35.5. The summed E-state index contributed by atoms with van der Waals surface area (Å²) in [6.07, 6.45) is 1.19. The number of rotatable bonds is 6. The molecule has 9 heteroatoms. The van der Waals surface area contributed by atoms with Gasteiger partial charge in [-0.15, -0.1) is 0 Å². The van der Waals surface area contributed by atoms with Crippen molar-refractivity contribution in [1.29, 1.82) is 0 Å². The van der Waals surface area contributed by atoms with E-state index in [1.165, 1.54) is 24.4 Å². The number of amides is 2. The van der Waals surface area contributed by atoms with Gasteiger partial charge in [-0.05, 0) is 37.6 Å². The van der Waals surface area contributed by atoms with Crippen molar-refractivity contribution in [3.63, 3.8) is 0 Å². The second-order valence-electron chi connectivity index (χ2n) is 5.86. The average molecular weight is 401 g/mol. The second-order valence-corrected chi connectivity index (χ2v) is 6.26. The molecule has 0 radical (unpaired) electrons. The number of allylic oxidation sites excluding steroid dienone is 1. The molecule has 0 heterocycles. The monoisotopic (exact) mass is 400 g/mol. The Kier molecular flexibility index (Phi) is 7.00. The molecule has 0 aliphatic rings. The van der Waals surface area contributed by atoms with Gasteiger partial charge in [0, 0.05) is 28.3 Å². The number of nitrogens with one attached hydrogen (secondary N) is 2. The Hall–Kier alpha value is -3.52. The summed E-state index contributed by atoms with van der Waals surface area (Å²) in [6, 6.07) is 12.3. The number of nitro groups is 1. The molecule has 2 aromatic carbocycles. The van der Waals surface area contributed by atoms with Gasteiger partial charge in [0.05, 0.1) is 11.1 Å². The number of nitro benzene ring substituents is 1. The lowest BCUT2D eigenvalue weighted by atomic mass is 10.2. The quantitative estimate of drug-likeness (QED) is 0.334. The Labute approximate surface area is 166 Å². The van der Waals surface area contributed by atoms with Gasteiger partial charge in [0.1, 0.15) is 5.70 Å². The summed E-state index contributed by atoms with van der Waals surface area (Å²) in [7, 11) is 0. The Morgan fingerprint density at radius 2 is 1.82 bits per heavy atom. The van der Waals surface area contributed by atoms with Gasteiger partial charge in [-0.2, -0.15) is 5.10 Å². The van der Waals surface area contributed by atoms with E-state index in [1.54, 1.807) is 44.2 Å². The molecule has 0 fully saturated rings. The Morgan fingerprint density at radius 3 is 2.43 bits per heavy atom. The van der Waals surface area contributed by atoms with E-state index in [-0.39, 0.29) is 22.0 Å². The van der Waals surface area contributed by atoms with E-state index < -0.39 is 16.7 Å². The Morgan fingerprint density at radius 1 is 1.14 bits per heavy atom. The molecular weight excluding hydrogens is 384 g/mol. The number of nitrogens with zero attached hydrogens (tertiary/aromatic N) is 2. The van der Waals surface area contributed by atoms with Crippen LogP contribution < -0.4 is 10.7 Å². The van der Waals surface area contributed by atoms with Crippen LogP contribution in [0.3, 0.4) is 0 Å². The van der Waals surface area contributed by atoms with Crippen molar-refractivity contribution < 1.29 is 14.5 Å².